The summed E-state index contributed by atoms with van der Waals surface area (Å²) in [6.07, 6.45) is 1.79. The van der Waals surface area contributed by atoms with Gasteiger partial charge < -0.3 is 10.2 Å². The van der Waals surface area contributed by atoms with E-state index in [2.05, 4.69) is 15.2 Å². The van der Waals surface area contributed by atoms with Crippen LogP contribution in [0, 0.1) is 5.82 Å². The van der Waals surface area contributed by atoms with Crippen molar-refractivity contribution in [3.63, 3.8) is 0 Å². The quantitative estimate of drug-likeness (QED) is 0.935. The molecular weight excluding hydrogens is 307 g/mol. The fourth-order valence-electron chi connectivity index (χ4n) is 2.86. The lowest BCUT2D eigenvalue weighted by Gasteiger charge is -2.34. The van der Waals surface area contributed by atoms with Gasteiger partial charge in [-0.3, -0.25) is 14.7 Å². The van der Waals surface area contributed by atoms with E-state index in [1.165, 1.54) is 6.07 Å². The minimum Gasteiger partial charge on any atom is -0.386 e. The molecule has 1 N–H and O–H groups in total. The SMILES string of the molecule is CNc1ccc(C(=O)N2CCN(Cc3ccccn3)CC2)cc1F. The van der Waals surface area contributed by atoms with Crippen LogP contribution in [0.3, 0.4) is 0 Å². The normalized spacial score (nSPS) is 15.3. The van der Waals surface area contributed by atoms with Crippen LogP contribution in [0.15, 0.2) is 42.6 Å². The summed E-state index contributed by atoms with van der Waals surface area (Å²) in [5, 5.41) is 2.76. The zero-order chi connectivity index (χ0) is 16.9. The van der Waals surface area contributed by atoms with Crippen molar-refractivity contribution >= 4 is 11.6 Å². The zero-order valence-electron chi connectivity index (χ0n) is 13.7. The van der Waals surface area contributed by atoms with Gasteiger partial charge in [0.1, 0.15) is 5.82 Å². The molecule has 0 atom stereocenters. The second kappa shape index (κ2) is 7.40. The van der Waals surface area contributed by atoms with E-state index in [-0.39, 0.29) is 5.91 Å². The first-order valence-corrected chi connectivity index (χ1v) is 8.06. The Bertz CT molecular complexity index is 699. The molecule has 5 nitrogen and oxygen atoms in total. The van der Waals surface area contributed by atoms with Crippen molar-refractivity contribution in [2.45, 2.75) is 6.54 Å². The predicted molar refractivity (Wildman–Crippen MR) is 91.4 cm³/mol. The first-order valence-electron chi connectivity index (χ1n) is 8.06. The molecule has 6 heteroatoms. The number of nitrogens with one attached hydrogen (secondary N) is 1. The van der Waals surface area contributed by atoms with E-state index in [4.69, 9.17) is 0 Å². The molecular formula is C18H21FN4O. The molecule has 1 amide bonds. The molecule has 3 rings (SSSR count). The van der Waals surface area contributed by atoms with Crippen LogP contribution in [0.4, 0.5) is 10.1 Å². The van der Waals surface area contributed by atoms with Crippen molar-refractivity contribution < 1.29 is 9.18 Å². The third-order valence-corrected chi connectivity index (χ3v) is 4.26. The maximum absolute atomic E-state index is 13.8. The van der Waals surface area contributed by atoms with Gasteiger partial charge in [-0.15, -0.1) is 0 Å². The van der Waals surface area contributed by atoms with Gasteiger partial charge in [0, 0.05) is 51.5 Å². The number of piperazine rings is 1. The van der Waals surface area contributed by atoms with Gasteiger partial charge >= 0.3 is 0 Å². The maximum atomic E-state index is 13.8. The van der Waals surface area contributed by atoms with E-state index < -0.39 is 5.82 Å². The number of aromatic nitrogens is 1. The maximum Gasteiger partial charge on any atom is 0.254 e. The standard InChI is InChI=1S/C18H21FN4O/c1-20-17-6-5-14(12-16(17)19)18(24)23-10-8-22(9-11-23)13-15-4-2-3-7-21-15/h2-7,12,20H,8-11,13H2,1H3. The summed E-state index contributed by atoms with van der Waals surface area (Å²) in [4.78, 5) is 20.9. The van der Waals surface area contributed by atoms with Gasteiger partial charge in [-0.25, -0.2) is 4.39 Å². The molecule has 0 aliphatic carbocycles. The number of amides is 1. The third kappa shape index (κ3) is 3.71. The second-order valence-corrected chi connectivity index (χ2v) is 5.83. The van der Waals surface area contributed by atoms with Crippen LogP contribution >= 0.6 is 0 Å². The van der Waals surface area contributed by atoms with Crippen molar-refractivity contribution in [3.8, 4) is 0 Å². The molecule has 0 spiro atoms. The predicted octanol–water partition coefficient (Wildman–Crippen LogP) is 2.22. The Kier molecular flexibility index (Phi) is 5.05. The Hall–Kier alpha value is -2.47. The number of nitrogens with zero attached hydrogens (tertiary/aromatic N) is 3. The number of benzene rings is 1. The highest BCUT2D eigenvalue weighted by molar-refractivity contribution is 5.94. The van der Waals surface area contributed by atoms with Crippen molar-refractivity contribution in [1.29, 1.82) is 0 Å². The summed E-state index contributed by atoms with van der Waals surface area (Å²) in [5.74, 6) is -0.522. The number of pyridine rings is 1. The van der Waals surface area contributed by atoms with Crippen molar-refractivity contribution in [2.24, 2.45) is 0 Å². The second-order valence-electron chi connectivity index (χ2n) is 5.83. The minimum absolute atomic E-state index is 0.117. The number of carbonyl (C=O) groups is 1. The molecule has 1 saturated heterocycles. The average Bonchev–Trinajstić information content (AvgIpc) is 2.62. The Balaban J connectivity index is 1.58. The molecule has 2 heterocycles. The molecule has 1 aliphatic heterocycles. The minimum atomic E-state index is -0.405. The van der Waals surface area contributed by atoms with Gasteiger partial charge in [-0.05, 0) is 30.3 Å². The van der Waals surface area contributed by atoms with Crippen LogP contribution in [-0.2, 0) is 6.54 Å². The van der Waals surface area contributed by atoms with E-state index in [0.29, 0.717) is 24.3 Å². The van der Waals surface area contributed by atoms with Gasteiger partial charge in [0.2, 0.25) is 0 Å². The topological polar surface area (TPSA) is 48.5 Å². The average molecular weight is 328 g/mol. The zero-order valence-corrected chi connectivity index (χ0v) is 13.7. The molecule has 1 aliphatic rings. The molecule has 1 aromatic heterocycles. The van der Waals surface area contributed by atoms with Crippen molar-refractivity contribution in [2.75, 3.05) is 38.5 Å². The van der Waals surface area contributed by atoms with E-state index in [0.717, 1.165) is 25.3 Å². The lowest BCUT2D eigenvalue weighted by molar-refractivity contribution is 0.0626. The molecule has 126 valence electrons. The Morgan fingerprint density at radius 3 is 2.62 bits per heavy atom. The van der Waals surface area contributed by atoms with Gasteiger partial charge in [0.25, 0.3) is 5.91 Å². The first-order chi connectivity index (χ1) is 11.7. The lowest BCUT2D eigenvalue weighted by Crippen LogP contribution is -2.48. The molecule has 1 fully saturated rings. The summed E-state index contributed by atoms with van der Waals surface area (Å²) in [5.41, 5.74) is 1.82. The van der Waals surface area contributed by atoms with Crippen LogP contribution in [0.25, 0.3) is 0 Å². The molecule has 0 unspecified atom stereocenters. The largest absolute Gasteiger partial charge is 0.386 e. The summed E-state index contributed by atoms with van der Waals surface area (Å²) in [7, 11) is 1.65. The Morgan fingerprint density at radius 2 is 2.00 bits per heavy atom. The number of rotatable bonds is 4. The van der Waals surface area contributed by atoms with Gasteiger partial charge in [0.05, 0.1) is 11.4 Å². The summed E-state index contributed by atoms with van der Waals surface area (Å²) in [6, 6.07) is 10.4. The van der Waals surface area contributed by atoms with Gasteiger partial charge in [0.15, 0.2) is 0 Å². The van der Waals surface area contributed by atoms with Crippen LogP contribution in [0.2, 0.25) is 0 Å². The molecule has 2 aromatic rings. The molecule has 0 radical (unpaired) electrons. The number of anilines is 1. The fourth-order valence-corrected chi connectivity index (χ4v) is 2.86. The highest BCUT2D eigenvalue weighted by Gasteiger charge is 2.23. The Morgan fingerprint density at radius 1 is 1.21 bits per heavy atom. The monoisotopic (exact) mass is 328 g/mol. The lowest BCUT2D eigenvalue weighted by atomic mass is 10.1. The van der Waals surface area contributed by atoms with Crippen molar-refractivity contribution in [1.82, 2.24) is 14.8 Å². The highest BCUT2D eigenvalue weighted by Crippen LogP contribution is 2.17. The third-order valence-electron chi connectivity index (χ3n) is 4.26. The van der Waals surface area contributed by atoms with Crippen LogP contribution < -0.4 is 5.32 Å². The molecule has 0 bridgehead atoms. The molecule has 1 aromatic carbocycles. The van der Waals surface area contributed by atoms with E-state index in [9.17, 15) is 9.18 Å². The number of carbonyl (C=O) groups excluding carboxylic acids is 1. The van der Waals surface area contributed by atoms with Gasteiger partial charge in [-0.2, -0.15) is 0 Å². The number of hydrogen-bond acceptors (Lipinski definition) is 4. The van der Waals surface area contributed by atoms with Crippen LogP contribution in [0.1, 0.15) is 16.1 Å². The van der Waals surface area contributed by atoms with E-state index >= 15 is 0 Å². The smallest absolute Gasteiger partial charge is 0.254 e. The molecule has 24 heavy (non-hydrogen) atoms. The summed E-state index contributed by atoms with van der Waals surface area (Å²) >= 11 is 0. The van der Waals surface area contributed by atoms with E-state index in [1.54, 1.807) is 30.3 Å². The fraction of sp³-hybridized carbons (Fsp3) is 0.333. The number of hydrogen-bond donors (Lipinski definition) is 1. The first kappa shape index (κ1) is 16.4. The van der Waals surface area contributed by atoms with Gasteiger partial charge in [-0.1, -0.05) is 6.07 Å². The van der Waals surface area contributed by atoms with Crippen molar-refractivity contribution in [3.05, 3.63) is 59.7 Å². The summed E-state index contributed by atoms with van der Waals surface area (Å²) in [6.45, 7) is 3.65. The van der Waals surface area contributed by atoms with Crippen LogP contribution in [-0.4, -0.2) is 53.9 Å². The van der Waals surface area contributed by atoms with E-state index in [1.807, 2.05) is 18.2 Å². The van der Waals surface area contributed by atoms with Crippen LogP contribution in [0.5, 0.6) is 0 Å². The Labute approximate surface area is 141 Å². The molecule has 0 saturated carbocycles. The summed E-state index contributed by atoms with van der Waals surface area (Å²) < 4.78 is 13.8. The highest BCUT2D eigenvalue weighted by atomic mass is 19.1. The number of halogens is 1.